The van der Waals surface area contributed by atoms with Crippen LogP contribution >= 0.6 is 0 Å². The highest BCUT2D eigenvalue weighted by Gasteiger charge is 2.11. The Kier molecular flexibility index (Phi) is 4.06. The third-order valence-electron chi connectivity index (χ3n) is 1.96. The summed E-state index contributed by atoms with van der Waals surface area (Å²) < 4.78 is 22.1. The molecule has 0 aliphatic heterocycles. The van der Waals surface area contributed by atoms with Crippen molar-refractivity contribution < 1.29 is 18.3 Å². The molecule has 0 saturated carbocycles. The van der Waals surface area contributed by atoms with E-state index in [1.807, 2.05) is 0 Å². The van der Waals surface area contributed by atoms with Gasteiger partial charge in [0.1, 0.15) is 15.7 Å². The molecule has 1 heterocycles. The lowest BCUT2D eigenvalue weighted by Gasteiger charge is -2.13. The van der Waals surface area contributed by atoms with Crippen LogP contribution in [0.5, 0.6) is 0 Å². The maximum absolute atomic E-state index is 11.0. The van der Waals surface area contributed by atoms with E-state index in [-0.39, 0.29) is 17.4 Å². The molecule has 94 valence electrons. The Morgan fingerprint density at radius 2 is 2.18 bits per heavy atom. The number of sulfone groups is 1. The SMILES string of the molecule is CC(CS(C)(=O)=O)Nc1ccc(C(=O)O)cn1. The average molecular weight is 258 g/mol. The molecule has 2 N–H and O–H groups in total. The predicted molar refractivity (Wildman–Crippen MR) is 64.0 cm³/mol. The number of anilines is 1. The number of hydrogen-bond acceptors (Lipinski definition) is 5. The molecule has 1 atom stereocenters. The summed E-state index contributed by atoms with van der Waals surface area (Å²) in [6, 6.07) is 2.63. The maximum atomic E-state index is 11.0. The van der Waals surface area contributed by atoms with Crippen molar-refractivity contribution in [2.75, 3.05) is 17.3 Å². The minimum absolute atomic E-state index is 0.00460. The topological polar surface area (TPSA) is 96.4 Å². The lowest BCUT2D eigenvalue weighted by molar-refractivity contribution is 0.0696. The first-order valence-electron chi connectivity index (χ1n) is 4.91. The molecule has 0 amide bonds. The third kappa shape index (κ3) is 4.81. The largest absolute Gasteiger partial charge is 0.478 e. The molecule has 0 aliphatic rings. The van der Waals surface area contributed by atoms with Gasteiger partial charge >= 0.3 is 5.97 Å². The second-order valence-electron chi connectivity index (χ2n) is 3.88. The zero-order valence-corrected chi connectivity index (χ0v) is 10.4. The fourth-order valence-electron chi connectivity index (χ4n) is 1.35. The molecular weight excluding hydrogens is 244 g/mol. The van der Waals surface area contributed by atoms with Crippen molar-refractivity contribution in [3.63, 3.8) is 0 Å². The smallest absolute Gasteiger partial charge is 0.337 e. The van der Waals surface area contributed by atoms with Crippen LogP contribution in [0.2, 0.25) is 0 Å². The molecule has 0 saturated heterocycles. The van der Waals surface area contributed by atoms with Crippen LogP contribution in [0, 0.1) is 0 Å². The molecule has 0 radical (unpaired) electrons. The summed E-state index contributed by atoms with van der Waals surface area (Å²) in [5, 5.41) is 11.6. The van der Waals surface area contributed by atoms with E-state index in [1.165, 1.54) is 18.3 Å². The minimum atomic E-state index is -3.05. The van der Waals surface area contributed by atoms with Gasteiger partial charge in [0.2, 0.25) is 0 Å². The number of aromatic nitrogens is 1. The number of nitrogens with zero attached hydrogens (tertiary/aromatic N) is 1. The van der Waals surface area contributed by atoms with Gasteiger partial charge in [-0.05, 0) is 19.1 Å². The molecule has 1 unspecified atom stereocenters. The van der Waals surface area contributed by atoms with Gasteiger partial charge in [-0.15, -0.1) is 0 Å². The van der Waals surface area contributed by atoms with E-state index in [4.69, 9.17) is 5.11 Å². The number of carboxylic acid groups (broad SMARTS) is 1. The Morgan fingerprint density at radius 1 is 1.53 bits per heavy atom. The van der Waals surface area contributed by atoms with Gasteiger partial charge in [0, 0.05) is 18.5 Å². The highest BCUT2D eigenvalue weighted by Crippen LogP contribution is 2.07. The first-order chi connectivity index (χ1) is 7.78. The van der Waals surface area contributed by atoms with Crippen LogP contribution < -0.4 is 5.32 Å². The molecule has 1 aromatic rings. The average Bonchev–Trinajstić information content (AvgIpc) is 2.15. The van der Waals surface area contributed by atoms with E-state index in [0.717, 1.165) is 6.26 Å². The Balaban J connectivity index is 2.66. The van der Waals surface area contributed by atoms with Crippen LogP contribution in [0.25, 0.3) is 0 Å². The highest BCUT2D eigenvalue weighted by molar-refractivity contribution is 7.90. The lowest BCUT2D eigenvalue weighted by Crippen LogP contribution is -2.25. The Hall–Kier alpha value is -1.63. The fraction of sp³-hybridized carbons (Fsp3) is 0.400. The number of carboxylic acids is 1. The second kappa shape index (κ2) is 5.13. The van der Waals surface area contributed by atoms with E-state index in [2.05, 4.69) is 10.3 Å². The lowest BCUT2D eigenvalue weighted by atomic mass is 10.3. The maximum Gasteiger partial charge on any atom is 0.337 e. The summed E-state index contributed by atoms with van der Waals surface area (Å²) in [5.41, 5.74) is 0.0892. The van der Waals surface area contributed by atoms with E-state index in [0.29, 0.717) is 5.82 Å². The van der Waals surface area contributed by atoms with E-state index in [9.17, 15) is 13.2 Å². The van der Waals surface area contributed by atoms with Crippen LogP contribution in [-0.2, 0) is 9.84 Å². The van der Waals surface area contributed by atoms with E-state index in [1.54, 1.807) is 6.92 Å². The zero-order chi connectivity index (χ0) is 13.1. The summed E-state index contributed by atoms with van der Waals surface area (Å²) in [6.07, 6.45) is 2.38. The summed E-state index contributed by atoms with van der Waals surface area (Å²) in [6.45, 7) is 1.72. The molecule has 6 nitrogen and oxygen atoms in total. The molecule has 0 aliphatic carbocycles. The van der Waals surface area contributed by atoms with Crippen molar-refractivity contribution in [3.8, 4) is 0 Å². The van der Waals surface area contributed by atoms with Crippen molar-refractivity contribution in [2.45, 2.75) is 13.0 Å². The number of carbonyl (C=O) groups is 1. The van der Waals surface area contributed by atoms with Gasteiger partial charge in [-0.1, -0.05) is 0 Å². The highest BCUT2D eigenvalue weighted by atomic mass is 32.2. The van der Waals surface area contributed by atoms with Gasteiger partial charge in [0.15, 0.2) is 0 Å². The number of rotatable bonds is 5. The standard InChI is InChI=1S/C10H14N2O4S/c1-7(6-17(2,15)16)12-9-4-3-8(5-11-9)10(13)14/h3-5,7H,6H2,1-2H3,(H,11,12)(H,13,14). The normalized spacial score (nSPS) is 13.1. The van der Waals surface area contributed by atoms with Crippen molar-refractivity contribution in [1.29, 1.82) is 0 Å². The van der Waals surface area contributed by atoms with Gasteiger partial charge in [-0.3, -0.25) is 0 Å². The molecule has 0 bridgehead atoms. The summed E-state index contributed by atoms with van der Waals surface area (Å²) in [5.74, 6) is -0.602. The van der Waals surface area contributed by atoms with Crippen molar-refractivity contribution >= 4 is 21.6 Å². The number of aromatic carboxylic acids is 1. The van der Waals surface area contributed by atoms with Gasteiger partial charge in [-0.25, -0.2) is 18.2 Å². The molecule has 1 rings (SSSR count). The zero-order valence-electron chi connectivity index (χ0n) is 9.54. The molecule has 17 heavy (non-hydrogen) atoms. The predicted octanol–water partition coefficient (Wildman–Crippen LogP) is 0.625. The summed E-state index contributed by atoms with van der Waals surface area (Å²) in [7, 11) is -3.05. The monoisotopic (exact) mass is 258 g/mol. The van der Waals surface area contributed by atoms with Crippen LogP contribution in [0.1, 0.15) is 17.3 Å². The van der Waals surface area contributed by atoms with Crippen LogP contribution in [0.15, 0.2) is 18.3 Å². The first-order valence-corrected chi connectivity index (χ1v) is 6.97. The third-order valence-corrected chi connectivity index (χ3v) is 3.06. The van der Waals surface area contributed by atoms with Gasteiger partial charge in [0.05, 0.1) is 11.3 Å². The van der Waals surface area contributed by atoms with Crippen molar-refractivity contribution in [1.82, 2.24) is 4.98 Å². The van der Waals surface area contributed by atoms with E-state index >= 15 is 0 Å². The molecule has 1 aromatic heterocycles. The molecule has 7 heteroatoms. The molecule has 0 spiro atoms. The van der Waals surface area contributed by atoms with Gasteiger partial charge in [0.25, 0.3) is 0 Å². The minimum Gasteiger partial charge on any atom is -0.478 e. The van der Waals surface area contributed by atoms with Gasteiger partial charge < -0.3 is 10.4 Å². The van der Waals surface area contributed by atoms with E-state index < -0.39 is 15.8 Å². The molecular formula is C10H14N2O4S. The van der Waals surface area contributed by atoms with Gasteiger partial charge in [-0.2, -0.15) is 0 Å². The van der Waals surface area contributed by atoms with Crippen molar-refractivity contribution in [2.24, 2.45) is 0 Å². The Morgan fingerprint density at radius 3 is 2.59 bits per heavy atom. The Labute approximate surface area is 99.6 Å². The van der Waals surface area contributed by atoms with Crippen molar-refractivity contribution in [3.05, 3.63) is 23.9 Å². The van der Waals surface area contributed by atoms with Crippen LogP contribution in [-0.4, -0.2) is 42.5 Å². The summed E-state index contributed by atoms with van der Waals surface area (Å²) >= 11 is 0. The number of pyridine rings is 1. The number of nitrogens with one attached hydrogen (secondary N) is 1. The number of hydrogen-bond donors (Lipinski definition) is 2. The Bertz CT molecular complexity index is 496. The fourth-order valence-corrected chi connectivity index (χ4v) is 2.35. The quantitative estimate of drug-likeness (QED) is 0.804. The van der Waals surface area contributed by atoms with Crippen LogP contribution in [0.3, 0.4) is 0 Å². The van der Waals surface area contributed by atoms with Crippen LogP contribution in [0.4, 0.5) is 5.82 Å². The molecule has 0 aromatic carbocycles. The molecule has 0 fully saturated rings. The summed E-state index contributed by atoms with van der Waals surface area (Å²) in [4.78, 5) is 14.5. The first kappa shape index (κ1) is 13.4. The second-order valence-corrected chi connectivity index (χ2v) is 6.06.